The lowest BCUT2D eigenvalue weighted by Crippen LogP contribution is -2.49. The molecule has 2 fully saturated rings. The highest BCUT2D eigenvalue weighted by atomic mass is 35.5. The number of rotatable bonds is 7. The largest absolute Gasteiger partial charge is 0.466 e. The second-order valence-electron chi connectivity index (χ2n) is 8.86. The van der Waals surface area contributed by atoms with Gasteiger partial charge in [-0.3, -0.25) is 14.3 Å². The molecule has 2 saturated heterocycles. The third-order valence-corrected chi connectivity index (χ3v) is 8.86. The molecule has 1 amide bonds. The number of sulfonamides is 1. The molecule has 3 heterocycles. The molecule has 4 rings (SSSR count). The van der Waals surface area contributed by atoms with Crippen LogP contribution in [0.1, 0.15) is 37.0 Å². The molecule has 12 heteroatoms. The number of piperazine rings is 1. The summed E-state index contributed by atoms with van der Waals surface area (Å²) in [7, 11) is -3.99. The summed E-state index contributed by atoms with van der Waals surface area (Å²) in [6.07, 6.45) is 2.48. The van der Waals surface area contributed by atoms with Crippen LogP contribution < -0.4 is 4.90 Å². The van der Waals surface area contributed by atoms with Crippen LogP contribution in [0.3, 0.4) is 0 Å². The third-order valence-electron chi connectivity index (χ3n) is 6.70. The number of likely N-dealkylation sites (tertiary alicyclic amines) is 1. The quantitative estimate of drug-likeness (QED) is 0.500. The van der Waals surface area contributed by atoms with Gasteiger partial charge in [0.05, 0.1) is 28.8 Å². The summed E-state index contributed by atoms with van der Waals surface area (Å²) >= 11 is 6.32. The van der Waals surface area contributed by atoms with Gasteiger partial charge in [0, 0.05) is 52.0 Å². The molecule has 0 saturated carbocycles. The summed E-state index contributed by atoms with van der Waals surface area (Å²) in [6, 6.07) is 7.48. The molecule has 1 aromatic heterocycles. The fourth-order valence-corrected chi connectivity index (χ4v) is 6.42. The molecule has 2 aromatic rings. The Labute approximate surface area is 216 Å². The molecule has 36 heavy (non-hydrogen) atoms. The van der Waals surface area contributed by atoms with Crippen LogP contribution >= 0.6 is 11.6 Å². The SMILES string of the molecule is CCOC(=O)C1CCN(C(=O)c2cn(CC)nc2S(=O)(=O)N2CCN(c3ccccc3Cl)CC2)CC1. The maximum atomic E-state index is 13.6. The predicted octanol–water partition coefficient (Wildman–Crippen LogP) is 2.48. The number of piperidine rings is 1. The van der Waals surface area contributed by atoms with E-state index in [4.69, 9.17) is 16.3 Å². The summed E-state index contributed by atoms with van der Waals surface area (Å²) in [6.45, 7) is 6.53. The van der Waals surface area contributed by atoms with Crippen molar-refractivity contribution in [2.45, 2.75) is 38.3 Å². The Balaban J connectivity index is 1.49. The van der Waals surface area contributed by atoms with Gasteiger partial charge in [-0.2, -0.15) is 9.40 Å². The number of hydrogen-bond donors (Lipinski definition) is 0. The van der Waals surface area contributed by atoms with Crippen LogP contribution in [0, 0.1) is 5.92 Å². The van der Waals surface area contributed by atoms with Crippen LogP contribution in [-0.2, 0) is 26.1 Å². The van der Waals surface area contributed by atoms with Crippen molar-refractivity contribution in [1.82, 2.24) is 19.0 Å². The van der Waals surface area contributed by atoms with Crippen LogP contribution in [-0.4, -0.2) is 85.2 Å². The minimum absolute atomic E-state index is 0.0694. The van der Waals surface area contributed by atoms with E-state index in [2.05, 4.69) is 10.00 Å². The first kappa shape index (κ1) is 26.4. The number of para-hydroxylation sites is 1. The Morgan fingerprint density at radius 3 is 2.33 bits per heavy atom. The summed E-state index contributed by atoms with van der Waals surface area (Å²) < 4.78 is 35.2. The highest BCUT2D eigenvalue weighted by molar-refractivity contribution is 7.89. The lowest BCUT2D eigenvalue weighted by atomic mass is 9.96. The number of benzene rings is 1. The summed E-state index contributed by atoms with van der Waals surface area (Å²) in [4.78, 5) is 29.1. The number of nitrogens with zero attached hydrogens (tertiary/aromatic N) is 5. The molecule has 1 aromatic carbocycles. The smallest absolute Gasteiger partial charge is 0.309 e. The molecule has 0 spiro atoms. The van der Waals surface area contributed by atoms with Crippen molar-refractivity contribution in [2.24, 2.45) is 5.92 Å². The van der Waals surface area contributed by atoms with Gasteiger partial charge in [-0.15, -0.1) is 0 Å². The van der Waals surface area contributed by atoms with Crippen molar-refractivity contribution in [1.29, 1.82) is 0 Å². The van der Waals surface area contributed by atoms with Gasteiger partial charge >= 0.3 is 5.97 Å². The number of anilines is 1. The number of carbonyl (C=O) groups is 2. The van der Waals surface area contributed by atoms with E-state index in [-0.39, 0.29) is 41.5 Å². The normalized spacial score (nSPS) is 17.9. The summed E-state index contributed by atoms with van der Waals surface area (Å²) in [5.41, 5.74) is 0.938. The molecule has 196 valence electrons. The first-order valence-electron chi connectivity index (χ1n) is 12.3. The van der Waals surface area contributed by atoms with E-state index >= 15 is 0 Å². The molecule has 2 aliphatic rings. The monoisotopic (exact) mass is 537 g/mol. The van der Waals surface area contributed by atoms with Crippen molar-refractivity contribution in [3.05, 3.63) is 41.0 Å². The van der Waals surface area contributed by atoms with Crippen molar-refractivity contribution >= 4 is 39.2 Å². The molecule has 0 atom stereocenters. The lowest BCUT2D eigenvalue weighted by molar-refractivity contribution is -0.149. The number of carbonyl (C=O) groups excluding carboxylic acids is 2. The van der Waals surface area contributed by atoms with Gasteiger partial charge in [0.25, 0.3) is 15.9 Å². The van der Waals surface area contributed by atoms with E-state index in [1.807, 2.05) is 31.2 Å². The first-order valence-corrected chi connectivity index (χ1v) is 14.1. The zero-order valence-electron chi connectivity index (χ0n) is 20.6. The zero-order valence-corrected chi connectivity index (χ0v) is 22.2. The van der Waals surface area contributed by atoms with Crippen molar-refractivity contribution in [3.63, 3.8) is 0 Å². The molecule has 0 unspecified atom stereocenters. The van der Waals surface area contributed by atoms with E-state index in [1.54, 1.807) is 11.8 Å². The Morgan fingerprint density at radius 2 is 1.72 bits per heavy atom. The number of aromatic nitrogens is 2. The van der Waals surface area contributed by atoms with Gasteiger partial charge in [-0.25, -0.2) is 8.42 Å². The molecular formula is C24H32ClN5O5S. The fourth-order valence-electron chi connectivity index (χ4n) is 4.65. The fraction of sp³-hybridized carbons (Fsp3) is 0.542. The summed E-state index contributed by atoms with van der Waals surface area (Å²) in [5.74, 6) is -0.877. The maximum absolute atomic E-state index is 13.6. The Morgan fingerprint density at radius 1 is 1.06 bits per heavy atom. The highest BCUT2D eigenvalue weighted by Crippen LogP contribution is 2.29. The van der Waals surface area contributed by atoms with E-state index in [0.29, 0.717) is 57.2 Å². The Hall–Kier alpha value is -2.63. The average molecular weight is 538 g/mol. The first-order chi connectivity index (χ1) is 17.3. The predicted molar refractivity (Wildman–Crippen MR) is 136 cm³/mol. The minimum atomic E-state index is -3.99. The second kappa shape index (κ2) is 11.2. The summed E-state index contributed by atoms with van der Waals surface area (Å²) in [5, 5.41) is 4.69. The molecule has 0 bridgehead atoms. The molecule has 10 nitrogen and oxygen atoms in total. The van der Waals surface area contributed by atoms with Crippen molar-refractivity contribution in [2.75, 3.05) is 50.8 Å². The molecule has 0 aliphatic carbocycles. The topological polar surface area (TPSA) is 105 Å². The highest BCUT2D eigenvalue weighted by Gasteiger charge is 2.37. The van der Waals surface area contributed by atoms with Crippen LogP contribution in [0.2, 0.25) is 5.02 Å². The number of halogens is 1. The van der Waals surface area contributed by atoms with Gasteiger partial charge < -0.3 is 14.5 Å². The minimum Gasteiger partial charge on any atom is -0.466 e. The van der Waals surface area contributed by atoms with Gasteiger partial charge in [0.1, 0.15) is 0 Å². The average Bonchev–Trinajstić information content (AvgIpc) is 3.34. The van der Waals surface area contributed by atoms with Crippen LogP contribution in [0.4, 0.5) is 5.69 Å². The van der Waals surface area contributed by atoms with E-state index in [9.17, 15) is 18.0 Å². The van der Waals surface area contributed by atoms with E-state index in [0.717, 1.165) is 5.69 Å². The third kappa shape index (κ3) is 5.37. The standard InChI is InChI=1S/C24H32ClN5O5S/c1-3-29-17-19(23(31)28-11-9-18(10-12-28)24(32)35-4-2)22(26-29)36(33,34)30-15-13-27(14-16-30)21-8-6-5-7-20(21)25/h5-8,17-18H,3-4,9-16H2,1-2H3. The molecule has 0 N–H and O–H groups in total. The van der Waals surface area contributed by atoms with E-state index in [1.165, 1.54) is 15.2 Å². The number of ether oxygens (including phenoxy) is 1. The van der Waals surface area contributed by atoms with Crippen molar-refractivity contribution in [3.8, 4) is 0 Å². The van der Waals surface area contributed by atoms with E-state index < -0.39 is 10.0 Å². The number of aryl methyl sites for hydroxylation is 1. The molecule has 0 radical (unpaired) electrons. The van der Waals surface area contributed by atoms with Crippen LogP contribution in [0.5, 0.6) is 0 Å². The Kier molecular flexibility index (Phi) is 8.21. The molecular weight excluding hydrogens is 506 g/mol. The van der Waals surface area contributed by atoms with Crippen LogP contribution in [0.15, 0.2) is 35.5 Å². The Bertz CT molecular complexity index is 1200. The number of esters is 1. The van der Waals surface area contributed by atoms with Crippen molar-refractivity contribution < 1.29 is 22.7 Å². The van der Waals surface area contributed by atoms with Gasteiger partial charge in [-0.05, 0) is 38.8 Å². The van der Waals surface area contributed by atoms with Gasteiger partial charge in [-0.1, -0.05) is 23.7 Å². The number of amides is 1. The lowest BCUT2D eigenvalue weighted by Gasteiger charge is -2.35. The van der Waals surface area contributed by atoms with Gasteiger partial charge in [0.15, 0.2) is 0 Å². The molecule has 2 aliphatic heterocycles. The number of hydrogen-bond acceptors (Lipinski definition) is 7. The second-order valence-corrected chi connectivity index (χ2v) is 11.1. The van der Waals surface area contributed by atoms with Crippen LogP contribution in [0.25, 0.3) is 0 Å². The zero-order chi connectivity index (χ0) is 25.9. The maximum Gasteiger partial charge on any atom is 0.309 e. The van der Waals surface area contributed by atoms with Gasteiger partial charge in [0.2, 0.25) is 5.03 Å².